The van der Waals surface area contributed by atoms with E-state index in [1.807, 2.05) is 47.0 Å². The Morgan fingerprint density at radius 3 is 2.84 bits per heavy atom. The highest BCUT2D eigenvalue weighted by molar-refractivity contribution is 5.66. The fraction of sp³-hybridized carbons (Fsp3) is 0.143. The molecule has 19 heavy (non-hydrogen) atoms. The average molecular weight is 254 g/mol. The van der Waals surface area contributed by atoms with E-state index >= 15 is 0 Å². The maximum atomic E-state index is 5.63. The summed E-state index contributed by atoms with van der Waals surface area (Å²) < 4.78 is 7.29. The Bertz CT molecular complexity index is 720. The van der Waals surface area contributed by atoms with Gasteiger partial charge in [-0.05, 0) is 29.8 Å². The summed E-state index contributed by atoms with van der Waals surface area (Å²) in [5.74, 6) is 1.54. The highest BCUT2D eigenvalue weighted by atomic mass is 16.5. The summed E-state index contributed by atoms with van der Waals surface area (Å²) in [6.07, 6.45) is 1.93. The molecule has 0 saturated heterocycles. The van der Waals surface area contributed by atoms with Crippen LogP contribution in [-0.4, -0.2) is 21.7 Å². The SMILES string of the molecule is COc1ccccc1-c1nnc2cc(CN)ccn12. The van der Waals surface area contributed by atoms with Gasteiger partial charge in [-0.1, -0.05) is 12.1 Å². The zero-order valence-corrected chi connectivity index (χ0v) is 10.6. The van der Waals surface area contributed by atoms with Crippen LogP contribution in [0.15, 0.2) is 42.6 Å². The Hall–Kier alpha value is -2.40. The van der Waals surface area contributed by atoms with Gasteiger partial charge >= 0.3 is 0 Å². The van der Waals surface area contributed by atoms with Crippen molar-refractivity contribution in [3.05, 3.63) is 48.2 Å². The zero-order chi connectivity index (χ0) is 13.2. The molecule has 5 nitrogen and oxygen atoms in total. The van der Waals surface area contributed by atoms with E-state index in [9.17, 15) is 0 Å². The van der Waals surface area contributed by atoms with Gasteiger partial charge in [0.25, 0.3) is 0 Å². The van der Waals surface area contributed by atoms with E-state index in [0.29, 0.717) is 6.54 Å². The van der Waals surface area contributed by atoms with Crippen LogP contribution >= 0.6 is 0 Å². The lowest BCUT2D eigenvalue weighted by atomic mass is 10.2. The molecule has 0 unspecified atom stereocenters. The molecule has 0 amide bonds. The number of nitrogens with two attached hydrogens (primary N) is 1. The monoisotopic (exact) mass is 254 g/mol. The van der Waals surface area contributed by atoms with Gasteiger partial charge in [-0.25, -0.2) is 0 Å². The maximum Gasteiger partial charge on any atom is 0.172 e. The third-order valence-electron chi connectivity index (χ3n) is 3.06. The summed E-state index contributed by atoms with van der Waals surface area (Å²) in [5.41, 5.74) is 8.36. The number of benzene rings is 1. The van der Waals surface area contributed by atoms with Crippen molar-refractivity contribution in [3.63, 3.8) is 0 Å². The van der Waals surface area contributed by atoms with E-state index in [0.717, 1.165) is 28.3 Å². The van der Waals surface area contributed by atoms with Crippen LogP contribution in [0.5, 0.6) is 5.75 Å². The topological polar surface area (TPSA) is 65.4 Å². The molecule has 0 fully saturated rings. The number of para-hydroxylation sites is 1. The second kappa shape index (κ2) is 4.70. The Kier molecular flexibility index (Phi) is 2.89. The average Bonchev–Trinajstić information content (AvgIpc) is 2.89. The summed E-state index contributed by atoms with van der Waals surface area (Å²) >= 11 is 0. The molecule has 2 heterocycles. The number of methoxy groups -OCH3 is 1. The van der Waals surface area contributed by atoms with Crippen LogP contribution in [-0.2, 0) is 6.54 Å². The molecule has 0 saturated carbocycles. The van der Waals surface area contributed by atoms with E-state index < -0.39 is 0 Å². The smallest absolute Gasteiger partial charge is 0.172 e. The van der Waals surface area contributed by atoms with Crippen molar-refractivity contribution >= 4 is 5.65 Å². The van der Waals surface area contributed by atoms with Gasteiger partial charge in [0.05, 0.1) is 12.7 Å². The van der Waals surface area contributed by atoms with Crippen LogP contribution in [0.1, 0.15) is 5.56 Å². The second-order valence-corrected chi connectivity index (χ2v) is 4.19. The summed E-state index contributed by atoms with van der Waals surface area (Å²) in [6, 6.07) is 11.7. The quantitative estimate of drug-likeness (QED) is 0.774. The lowest BCUT2D eigenvalue weighted by Gasteiger charge is -2.06. The molecule has 2 N–H and O–H groups in total. The van der Waals surface area contributed by atoms with Crippen LogP contribution in [0.25, 0.3) is 17.0 Å². The van der Waals surface area contributed by atoms with Crippen LogP contribution in [0.3, 0.4) is 0 Å². The van der Waals surface area contributed by atoms with Gasteiger partial charge in [-0.2, -0.15) is 0 Å². The van der Waals surface area contributed by atoms with Crippen molar-refractivity contribution < 1.29 is 4.74 Å². The van der Waals surface area contributed by atoms with E-state index in [4.69, 9.17) is 10.5 Å². The number of aromatic nitrogens is 3. The first-order chi connectivity index (χ1) is 9.33. The lowest BCUT2D eigenvalue weighted by molar-refractivity contribution is 0.416. The number of hydrogen-bond donors (Lipinski definition) is 1. The van der Waals surface area contributed by atoms with Crippen LogP contribution in [0.4, 0.5) is 0 Å². The molecular formula is C14H14N4O. The first-order valence-electron chi connectivity index (χ1n) is 6.00. The fourth-order valence-electron chi connectivity index (χ4n) is 2.07. The van der Waals surface area contributed by atoms with Crippen molar-refractivity contribution in [2.45, 2.75) is 6.54 Å². The number of pyridine rings is 1. The van der Waals surface area contributed by atoms with Gasteiger partial charge in [0, 0.05) is 12.7 Å². The number of fused-ring (bicyclic) bond motifs is 1. The largest absolute Gasteiger partial charge is 0.496 e. The Morgan fingerprint density at radius 2 is 2.05 bits per heavy atom. The molecule has 0 aliphatic carbocycles. The number of hydrogen-bond acceptors (Lipinski definition) is 4. The van der Waals surface area contributed by atoms with Crippen molar-refractivity contribution in [2.24, 2.45) is 5.73 Å². The molecule has 0 aliphatic rings. The summed E-state index contributed by atoms with van der Waals surface area (Å²) in [6.45, 7) is 0.493. The second-order valence-electron chi connectivity index (χ2n) is 4.19. The van der Waals surface area contributed by atoms with Gasteiger partial charge in [-0.15, -0.1) is 10.2 Å². The van der Waals surface area contributed by atoms with Gasteiger partial charge < -0.3 is 10.5 Å². The molecule has 3 rings (SSSR count). The lowest BCUT2D eigenvalue weighted by Crippen LogP contribution is -1.98. The third kappa shape index (κ3) is 1.94. The normalized spacial score (nSPS) is 10.8. The van der Waals surface area contributed by atoms with E-state index in [2.05, 4.69) is 10.2 Å². The standard InChI is InChI=1S/C14H14N4O/c1-19-12-5-3-2-4-11(12)14-17-16-13-8-10(9-15)6-7-18(13)14/h2-8H,9,15H2,1H3. The minimum atomic E-state index is 0.493. The number of ether oxygens (including phenoxy) is 1. The van der Waals surface area contributed by atoms with Crippen LogP contribution in [0.2, 0.25) is 0 Å². The Morgan fingerprint density at radius 1 is 1.21 bits per heavy atom. The molecule has 3 aromatic rings. The maximum absolute atomic E-state index is 5.63. The predicted molar refractivity (Wildman–Crippen MR) is 72.9 cm³/mol. The van der Waals surface area contributed by atoms with Gasteiger partial charge in [0.15, 0.2) is 11.5 Å². The molecule has 0 aliphatic heterocycles. The molecule has 2 aromatic heterocycles. The van der Waals surface area contributed by atoms with Gasteiger partial charge in [-0.3, -0.25) is 4.40 Å². The molecule has 0 atom stereocenters. The molecule has 96 valence electrons. The van der Waals surface area contributed by atoms with Crippen LogP contribution in [0, 0.1) is 0 Å². The highest BCUT2D eigenvalue weighted by Gasteiger charge is 2.12. The van der Waals surface area contributed by atoms with E-state index in [1.54, 1.807) is 7.11 Å². The van der Waals surface area contributed by atoms with Crippen molar-refractivity contribution in [1.82, 2.24) is 14.6 Å². The summed E-state index contributed by atoms with van der Waals surface area (Å²) in [5, 5.41) is 8.42. The van der Waals surface area contributed by atoms with E-state index in [1.165, 1.54) is 0 Å². The number of rotatable bonds is 3. The number of nitrogens with zero attached hydrogens (tertiary/aromatic N) is 3. The molecule has 1 aromatic carbocycles. The van der Waals surface area contributed by atoms with Crippen LogP contribution < -0.4 is 10.5 Å². The first kappa shape index (κ1) is 11.7. The summed E-state index contributed by atoms with van der Waals surface area (Å²) in [7, 11) is 1.65. The molecule has 5 heteroatoms. The molecular weight excluding hydrogens is 240 g/mol. The molecule has 0 spiro atoms. The first-order valence-corrected chi connectivity index (χ1v) is 6.00. The van der Waals surface area contributed by atoms with Crippen molar-refractivity contribution in [3.8, 4) is 17.1 Å². The predicted octanol–water partition coefficient (Wildman–Crippen LogP) is 1.86. The highest BCUT2D eigenvalue weighted by Crippen LogP contribution is 2.28. The summed E-state index contributed by atoms with van der Waals surface area (Å²) in [4.78, 5) is 0. The Labute approximate surface area is 110 Å². The zero-order valence-electron chi connectivity index (χ0n) is 10.6. The minimum Gasteiger partial charge on any atom is -0.496 e. The minimum absolute atomic E-state index is 0.493. The van der Waals surface area contributed by atoms with Crippen molar-refractivity contribution in [2.75, 3.05) is 7.11 Å². The third-order valence-corrected chi connectivity index (χ3v) is 3.06. The molecule has 0 radical (unpaired) electrons. The fourth-order valence-corrected chi connectivity index (χ4v) is 2.07. The van der Waals surface area contributed by atoms with Crippen molar-refractivity contribution in [1.29, 1.82) is 0 Å². The Balaban J connectivity index is 2.20. The van der Waals surface area contributed by atoms with E-state index in [-0.39, 0.29) is 0 Å². The van der Waals surface area contributed by atoms with Gasteiger partial charge in [0.2, 0.25) is 0 Å². The van der Waals surface area contributed by atoms with Gasteiger partial charge in [0.1, 0.15) is 5.75 Å². The molecule has 0 bridgehead atoms.